The molecule has 0 fully saturated rings. The van der Waals surface area contributed by atoms with Gasteiger partial charge in [-0.1, -0.05) is 12.8 Å². The molecular formula is C19H22BrN5O2S. The highest BCUT2D eigenvalue weighted by molar-refractivity contribution is 9.10. The van der Waals surface area contributed by atoms with Crippen molar-refractivity contribution in [3.63, 3.8) is 0 Å². The summed E-state index contributed by atoms with van der Waals surface area (Å²) in [5, 5.41) is 4.89. The van der Waals surface area contributed by atoms with Crippen LogP contribution in [-0.4, -0.2) is 25.3 Å². The number of hydrogen-bond acceptors (Lipinski definition) is 5. The molecule has 7 nitrogen and oxygen atoms in total. The Labute approximate surface area is 174 Å². The summed E-state index contributed by atoms with van der Waals surface area (Å²) in [4.78, 5) is 32.7. The van der Waals surface area contributed by atoms with Crippen LogP contribution in [0.25, 0.3) is 10.2 Å². The van der Waals surface area contributed by atoms with Crippen molar-refractivity contribution in [2.24, 2.45) is 7.05 Å². The van der Waals surface area contributed by atoms with E-state index in [9.17, 15) is 9.59 Å². The van der Waals surface area contributed by atoms with Crippen molar-refractivity contribution in [2.45, 2.75) is 52.4 Å². The molecule has 0 aliphatic heterocycles. The van der Waals surface area contributed by atoms with E-state index < -0.39 is 5.91 Å². The van der Waals surface area contributed by atoms with Crippen molar-refractivity contribution < 1.29 is 4.79 Å². The van der Waals surface area contributed by atoms with Gasteiger partial charge >= 0.3 is 0 Å². The first-order chi connectivity index (χ1) is 13.4. The molecule has 1 amide bonds. The van der Waals surface area contributed by atoms with Crippen LogP contribution in [-0.2, 0) is 19.9 Å². The third kappa shape index (κ3) is 3.20. The zero-order valence-electron chi connectivity index (χ0n) is 16.1. The fourth-order valence-electron chi connectivity index (χ4n) is 3.67. The minimum atomic E-state index is -0.444. The van der Waals surface area contributed by atoms with E-state index >= 15 is 0 Å². The molecule has 0 aromatic carbocycles. The van der Waals surface area contributed by atoms with Crippen LogP contribution in [0.4, 0.5) is 0 Å². The number of fused-ring (bicyclic) bond motifs is 3. The molecule has 9 heteroatoms. The third-order valence-electron chi connectivity index (χ3n) is 5.35. The summed E-state index contributed by atoms with van der Waals surface area (Å²) in [6.07, 6.45) is 6.55. The zero-order valence-corrected chi connectivity index (χ0v) is 18.5. The van der Waals surface area contributed by atoms with Crippen molar-refractivity contribution in [2.75, 3.05) is 5.43 Å². The van der Waals surface area contributed by atoms with Crippen molar-refractivity contribution in [3.8, 4) is 0 Å². The highest BCUT2D eigenvalue weighted by Crippen LogP contribution is 2.32. The SMILES string of the molecule is Cc1c(Br)c(C(=O)Nn2c(C)nc3sc4c(c3c2=O)CCCCCC4)nn1C. The van der Waals surface area contributed by atoms with E-state index in [0.717, 1.165) is 41.8 Å². The number of aromatic nitrogens is 4. The molecule has 1 aliphatic carbocycles. The molecule has 1 aliphatic rings. The molecule has 0 atom stereocenters. The average molecular weight is 464 g/mol. The second-order valence-electron chi connectivity index (χ2n) is 7.21. The van der Waals surface area contributed by atoms with E-state index in [1.165, 1.54) is 22.4 Å². The number of nitrogens with zero attached hydrogens (tertiary/aromatic N) is 4. The average Bonchev–Trinajstić information content (AvgIpc) is 3.10. The smallest absolute Gasteiger partial charge is 0.271 e. The maximum atomic E-state index is 13.3. The maximum Gasteiger partial charge on any atom is 0.291 e. The summed E-state index contributed by atoms with van der Waals surface area (Å²) in [6, 6.07) is 0. The molecule has 148 valence electrons. The summed E-state index contributed by atoms with van der Waals surface area (Å²) >= 11 is 5.03. The molecule has 0 spiro atoms. The second-order valence-corrected chi connectivity index (χ2v) is 9.09. The van der Waals surface area contributed by atoms with Crippen LogP contribution in [0.2, 0.25) is 0 Å². The predicted octanol–water partition coefficient (Wildman–Crippen LogP) is 3.61. The van der Waals surface area contributed by atoms with Crippen molar-refractivity contribution in [3.05, 3.63) is 42.5 Å². The number of halogens is 1. The van der Waals surface area contributed by atoms with Crippen LogP contribution in [0.5, 0.6) is 0 Å². The summed E-state index contributed by atoms with van der Waals surface area (Å²) in [5.41, 5.74) is 4.68. The lowest BCUT2D eigenvalue weighted by Crippen LogP contribution is -2.36. The van der Waals surface area contributed by atoms with Crippen molar-refractivity contribution in [1.82, 2.24) is 19.4 Å². The zero-order chi connectivity index (χ0) is 20.0. The van der Waals surface area contributed by atoms with Gasteiger partial charge in [-0.05, 0) is 61.0 Å². The van der Waals surface area contributed by atoms with E-state index in [-0.39, 0.29) is 11.3 Å². The minimum Gasteiger partial charge on any atom is -0.271 e. The fraction of sp³-hybridized carbons (Fsp3) is 0.474. The van der Waals surface area contributed by atoms with Gasteiger partial charge in [0.1, 0.15) is 10.7 Å². The summed E-state index contributed by atoms with van der Waals surface area (Å²) in [6.45, 7) is 3.60. The first kappa shape index (κ1) is 19.3. The molecule has 0 saturated carbocycles. The Morgan fingerprint density at radius 2 is 1.89 bits per heavy atom. The van der Waals surface area contributed by atoms with Gasteiger partial charge in [0.05, 0.1) is 15.6 Å². The summed E-state index contributed by atoms with van der Waals surface area (Å²) in [7, 11) is 1.77. The molecule has 4 rings (SSSR count). The van der Waals surface area contributed by atoms with Crippen LogP contribution >= 0.6 is 27.3 Å². The first-order valence-electron chi connectivity index (χ1n) is 9.43. The molecule has 1 N–H and O–H groups in total. The lowest BCUT2D eigenvalue weighted by molar-refractivity contribution is 0.1000. The first-order valence-corrected chi connectivity index (χ1v) is 11.0. The number of thiophene rings is 1. The van der Waals surface area contributed by atoms with Gasteiger partial charge in [-0.2, -0.15) is 5.10 Å². The predicted molar refractivity (Wildman–Crippen MR) is 114 cm³/mol. The summed E-state index contributed by atoms with van der Waals surface area (Å²) in [5.74, 6) is 0.0175. The number of amides is 1. The molecule has 3 aromatic heterocycles. The highest BCUT2D eigenvalue weighted by Gasteiger charge is 2.23. The van der Waals surface area contributed by atoms with Gasteiger partial charge < -0.3 is 0 Å². The van der Waals surface area contributed by atoms with E-state index in [0.29, 0.717) is 15.7 Å². The number of nitrogens with one attached hydrogen (secondary N) is 1. The Balaban J connectivity index is 1.79. The van der Waals surface area contributed by atoms with Crippen LogP contribution in [0.3, 0.4) is 0 Å². The van der Waals surface area contributed by atoms with Gasteiger partial charge in [0.15, 0.2) is 5.69 Å². The van der Waals surface area contributed by atoms with Gasteiger partial charge in [-0.25, -0.2) is 9.66 Å². The Hall–Kier alpha value is -2.00. The molecule has 28 heavy (non-hydrogen) atoms. The third-order valence-corrected chi connectivity index (χ3v) is 7.48. The van der Waals surface area contributed by atoms with Crippen LogP contribution < -0.4 is 11.0 Å². The van der Waals surface area contributed by atoms with Crippen LogP contribution in [0.15, 0.2) is 9.27 Å². The normalized spacial score (nSPS) is 14.6. The van der Waals surface area contributed by atoms with E-state index in [2.05, 4.69) is 31.4 Å². The van der Waals surface area contributed by atoms with Gasteiger partial charge in [0.25, 0.3) is 11.5 Å². The Bertz CT molecular complexity index is 1140. The maximum absolute atomic E-state index is 13.3. The van der Waals surface area contributed by atoms with E-state index in [1.54, 1.807) is 30.0 Å². The number of rotatable bonds is 2. The van der Waals surface area contributed by atoms with Crippen molar-refractivity contribution in [1.29, 1.82) is 0 Å². The van der Waals surface area contributed by atoms with E-state index in [4.69, 9.17) is 0 Å². The Morgan fingerprint density at radius 1 is 1.18 bits per heavy atom. The lowest BCUT2D eigenvalue weighted by Gasteiger charge is -2.12. The molecule has 0 unspecified atom stereocenters. The highest BCUT2D eigenvalue weighted by atomic mass is 79.9. The van der Waals surface area contributed by atoms with Gasteiger partial charge in [-0.3, -0.25) is 19.7 Å². The number of carbonyl (C=O) groups excluding carboxylic acids is 1. The monoisotopic (exact) mass is 463 g/mol. The van der Waals surface area contributed by atoms with Crippen molar-refractivity contribution >= 4 is 43.4 Å². The number of carbonyl (C=O) groups is 1. The largest absolute Gasteiger partial charge is 0.291 e. The molecule has 0 bridgehead atoms. The Morgan fingerprint density at radius 3 is 2.57 bits per heavy atom. The quantitative estimate of drug-likeness (QED) is 0.628. The van der Waals surface area contributed by atoms with Gasteiger partial charge in [-0.15, -0.1) is 11.3 Å². The number of hydrogen-bond donors (Lipinski definition) is 1. The summed E-state index contributed by atoms with van der Waals surface area (Å²) < 4.78 is 3.50. The topological polar surface area (TPSA) is 81.8 Å². The van der Waals surface area contributed by atoms with Gasteiger partial charge in [0.2, 0.25) is 0 Å². The minimum absolute atomic E-state index is 0.210. The molecular weight excluding hydrogens is 442 g/mol. The van der Waals surface area contributed by atoms with E-state index in [1.807, 2.05) is 6.92 Å². The lowest BCUT2D eigenvalue weighted by atomic mass is 9.98. The number of aryl methyl sites for hydroxylation is 4. The second kappa shape index (κ2) is 7.44. The molecule has 3 aromatic rings. The van der Waals surface area contributed by atoms with Crippen LogP contribution in [0.1, 0.15) is 58.1 Å². The Kier molecular flexibility index (Phi) is 5.13. The van der Waals surface area contributed by atoms with Crippen LogP contribution in [0, 0.1) is 13.8 Å². The molecule has 3 heterocycles. The molecule has 0 radical (unpaired) electrons. The standard InChI is InChI=1S/C19H22BrN5O2S/c1-10-15(20)16(22-24(10)3)17(26)23-25-11(2)21-18-14(19(25)27)12-8-6-4-5-7-9-13(12)28-18/h4-9H2,1-3H3,(H,23,26). The van der Waals surface area contributed by atoms with Gasteiger partial charge in [0, 0.05) is 11.9 Å². The molecule has 0 saturated heterocycles. The fourth-order valence-corrected chi connectivity index (χ4v) is 5.49.